The highest BCUT2D eigenvalue weighted by atomic mass is 35.5. The summed E-state index contributed by atoms with van der Waals surface area (Å²) in [7, 11) is 0. The van der Waals surface area contributed by atoms with Gasteiger partial charge in [-0.25, -0.2) is 9.37 Å². The smallest absolute Gasteiger partial charge is 0.208 e. The zero-order valence-corrected chi connectivity index (χ0v) is 10.6. The third-order valence-corrected chi connectivity index (χ3v) is 3.05. The van der Waals surface area contributed by atoms with Crippen LogP contribution in [0, 0.1) is 5.82 Å². The summed E-state index contributed by atoms with van der Waals surface area (Å²) in [5.41, 5.74) is 1.70. The topological polar surface area (TPSA) is 38.7 Å². The van der Waals surface area contributed by atoms with E-state index in [1.165, 1.54) is 23.9 Å². The van der Waals surface area contributed by atoms with Crippen molar-refractivity contribution < 1.29 is 4.39 Å². The minimum absolute atomic E-state index is 0.136. The normalized spacial score (nSPS) is 10.5. The highest BCUT2D eigenvalue weighted by Gasteiger charge is 2.08. The Morgan fingerprint density at radius 3 is 2.59 bits per heavy atom. The van der Waals surface area contributed by atoms with Gasteiger partial charge < -0.3 is 0 Å². The van der Waals surface area contributed by atoms with Gasteiger partial charge in [-0.05, 0) is 35.6 Å². The monoisotopic (exact) mass is 269 g/mol. The van der Waals surface area contributed by atoms with E-state index in [0.717, 1.165) is 16.3 Å². The molecule has 88 valence electrons. The Morgan fingerprint density at radius 1 is 1.24 bits per heavy atom. The van der Waals surface area contributed by atoms with E-state index in [1.54, 1.807) is 12.1 Å². The van der Waals surface area contributed by atoms with E-state index in [2.05, 4.69) is 15.2 Å². The predicted octanol–water partition coefficient (Wildman–Crippen LogP) is 2.98. The van der Waals surface area contributed by atoms with Gasteiger partial charge in [-0.15, -0.1) is 22.0 Å². The van der Waals surface area contributed by atoms with E-state index < -0.39 is 0 Å². The predicted molar refractivity (Wildman–Crippen MR) is 65.8 cm³/mol. The quantitative estimate of drug-likeness (QED) is 0.803. The Bertz CT molecular complexity index is 519. The summed E-state index contributed by atoms with van der Waals surface area (Å²) in [5, 5.41) is 8.61. The molecular weight excluding hydrogens is 261 g/mol. The molecule has 1 heterocycles. The van der Waals surface area contributed by atoms with E-state index >= 15 is 0 Å². The van der Waals surface area contributed by atoms with E-state index in [0.29, 0.717) is 6.42 Å². The summed E-state index contributed by atoms with van der Waals surface area (Å²) in [4.78, 5) is 4.09. The van der Waals surface area contributed by atoms with E-state index in [9.17, 15) is 4.39 Å². The van der Waals surface area contributed by atoms with Crippen LogP contribution in [0.4, 0.5) is 4.39 Å². The Balaban J connectivity index is 2.26. The molecule has 0 radical (unpaired) electrons. The number of hydrogen-bond acceptors (Lipinski definition) is 4. The van der Waals surface area contributed by atoms with Gasteiger partial charge in [-0.3, -0.25) is 0 Å². The van der Waals surface area contributed by atoms with Gasteiger partial charge in [-0.2, -0.15) is 0 Å². The highest BCUT2D eigenvalue weighted by molar-refractivity contribution is 7.98. The number of hydrogen-bond donors (Lipinski definition) is 0. The lowest BCUT2D eigenvalue weighted by Crippen LogP contribution is -2.00. The van der Waals surface area contributed by atoms with Crippen molar-refractivity contribution in [2.24, 2.45) is 0 Å². The summed E-state index contributed by atoms with van der Waals surface area (Å²) in [6.07, 6.45) is 2.46. The van der Waals surface area contributed by atoms with Crippen molar-refractivity contribution in [3.8, 4) is 0 Å². The maximum Gasteiger partial charge on any atom is 0.244 e. The number of benzene rings is 1. The van der Waals surface area contributed by atoms with Gasteiger partial charge >= 0.3 is 0 Å². The Morgan fingerprint density at radius 2 is 1.94 bits per heavy atom. The third kappa shape index (κ3) is 3.14. The van der Waals surface area contributed by atoms with E-state index in [1.807, 2.05) is 6.26 Å². The van der Waals surface area contributed by atoms with Crippen LogP contribution in [0.5, 0.6) is 0 Å². The second-order valence-corrected chi connectivity index (χ2v) is 4.47. The maximum atomic E-state index is 12.8. The molecule has 0 bridgehead atoms. The molecule has 0 aliphatic heterocycles. The minimum Gasteiger partial charge on any atom is -0.208 e. The summed E-state index contributed by atoms with van der Waals surface area (Å²) in [6, 6.07) is 6.28. The molecule has 0 atom stereocenters. The Hall–Kier alpha value is -1.20. The first-order valence-electron chi connectivity index (χ1n) is 4.86. The molecule has 6 heteroatoms. The van der Waals surface area contributed by atoms with Crippen LogP contribution in [0.1, 0.15) is 11.3 Å². The van der Waals surface area contributed by atoms with Crippen molar-refractivity contribution in [2.45, 2.75) is 11.4 Å². The first kappa shape index (κ1) is 12.3. The van der Waals surface area contributed by atoms with Gasteiger partial charge in [0.25, 0.3) is 0 Å². The molecule has 0 saturated carbocycles. The molecule has 0 unspecified atom stereocenters. The van der Waals surface area contributed by atoms with Gasteiger partial charge in [0, 0.05) is 6.42 Å². The molecule has 0 amide bonds. The first-order chi connectivity index (χ1) is 8.19. The number of rotatable bonds is 3. The van der Waals surface area contributed by atoms with Crippen LogP contribution in [0.15, 0.2) is 29.3 Å². The number of thioether (sulfide) groups is 1. The molecule has 17 heavy (non-hydrogen) atoms. The summed E-state index contributed by atoms with van der Waals surface area (Å²) < 4.78 is 12.8. The van der Waals surface area contributed by atoms with Gasteiger partial charge in [0.2, 0.25) is 5.28 Å². The molecule has 0 aliphatic rings. The molecule has 3 nitrogen and oxygen atoms in total. The van der Waals surface area contributed by atoms with Crippen LogP contribution < -0.4 is 0 Å². The number of aromatic nitrogens is 3. The molecular formula is C11H9ClFN3S. The molecule has 1 aromatic heterocycles. The Labute approximate surface area is 107 Å². The van der Waals surface area contributed by atoms with E-state index in [4.69, 9.17) is 11.6 Å². The fraction of sp³-hybridized carbons (Fsp3) is 0.182. The van der Waals surface area contributed by atoms with Crippen molar-refractivity contribution in [1.29, 1.82) is 0 Å². The maximum absolute atomic E-state index is 12.8. The molecule has 2 aromatic rings. The number of nitrogens with zero attached hydrogens (tertiary/aromatic N) is 3. The SMILES string of the molecule is CSc1nc(Cl)nnc1Cc1ccc(F)cc1. The van der Waals surface area contributed by atoms with Crippen LogP contribution in [-0.2, 0) is 6.42 Å². The van der Waals surface area contributed by atoms with Crippen LogP contribution in [-0.4, -0.2) is 21.4 Å². The van der Waals surface area contributed by atoms with Crippen molar-refractivity contribution in [3.63, 3.8) is 0 Å². The van der Waals surface area contributed by atoms with Crippen molar-refractivity contribution >= 4 is 23.4 Å². The molecule has 0 fully saturated rings. The average Bonchev–Trinajstić information content (AvgIpc) is 2.34. The standard InChI is InChI=1S/C11H9ClFN3S/c1-17-10-9(15-16-11(12)14-10)6-7-2-4-8(13)5-3-7/h2-5H,6H2,1H3. The van der Waals surface area contributed by atoms with E-state index in [-0.39, 0.29) is 11.1 Å². The lowest BCUT2D eigenvalue weighted by atomic mass is 10.1. The van der Waals surface area contributed by atoms with Crippen molar-refractivity contribution in [2.75, 3.05) is 6.26 Å². The minimum atomic E-state index is -0.251. The lowest BCUT2D eigenvalue weighted by Gasteiger charge is -2.04. The molecule has 1 aromatic carbocycles. The average molecular weight is 270 g/mol. The second kappa shape index (κ2) is 5.42. The van der Waals surface area contributed by atoms with Gasteiger partial charge in [-0.1, -0.05) is 12.1 Å². The molecule has 0 N–H and O–H groups in total. The zero-order chi connectivity index (χ0) is 12.3. The van der Waals surface area contributed by atoms with Crippen LogP contribution in [0.25, 0.3) is 0 Å². The lowest BCUT2D eigenvalue weighted by molar-refractivity contribution is 0.627. The van der Waals surface area contributed by atoms with Crippen molar-refractivity contribution in [1.82, 2.24) is 15.2 Å². The van der Waals surface area contributed by atoms with Crippen molar-refractivity contribution in [3.05, 3.63) is 46.6 Å². The summed E-state index contributed by atoms with van der Waals surface area (Å²) in [5.74, 6) is -0.251. The van der Waals surface area contributed by atoms with Crippen LogP contribution >= 0.6 is 23.4 Å². The van der Waals surface area contributed by atoms with Gasteiger partial charge in [0.05, 0.1) is 5.69 Å². The summed E-state index contributed by atoms with van der Waals surface area (Å²) >= 11 is 7.13. The zero-order valence-electron chi connectivity index (χ0n) is 9.02. The van der Waals surface area contributed by atoms with Crippen LogP contribution in [0.3, 0.4) is 0 Å². The molecule has 0 aliphatic carbocycles. The third-order valence-electron chi connectivity index (χ3n) is 2.17. The molecule has 0 saturated heterocycles. The number of halogens is 2. The fourth-order valence-corrected chi connectivity index (χ4v) is 2.08. The largest absolute Gasteiger partial charge is 0.244 e. The molecule has 2 rings (SSSR count). The van der Waals surface area contributed by atoms with Crippen LogP contribution in [0.2, 0.25) is 5.28 Å². The Kier molecular flexibility index (Phi) is 3.91. The second-order valence-electron chi connectivity index (χ2n) is 3.34. The highest BCUT2D eigenvalue weighted by Crippen LogP contribution is 2.19. The first-order valence-corrected chi connectivity index (χ1v) is 6.47. The fourth-order valence-electron chi connectivity index (χ4n) is 1.39. The van der Waals surface area contributed by atoms with Gasteiger partial charge in [0.15, 0.2) is 0 Å². The molecule has 0 spiro atoms. The summed E-state index contributed by atoms with van der Waals surface area (Å²) in [6.45, 7) is 0. The van der Waals surface area contributed by atoms with Gasteiger partial charge in [0.1, 0.15) is 10.8 Å².